The van der Waals surface area contributed by atoms with Gasteiger partial charge in [-0.2, -0.15) is 0 Å². The molecule has 0 radical (unpaired) electrons. The number of alkyl carbamates (subject to hydrolysis) is 1. The highest BCUT2D eigenvalue weighted by molar-refractivity contribution is 6.04. The van der Waals surface area contributed by atoms with Gasteiger partial charge in [0.2, 0.25) is 5.91 Å². The van der Waals surface area contributed by atoms with Crippen LogP contribution in [0.5, 0.6) is 0 Å². The third-order valence-corrected chi connectivity index (χ3v) is 6.28. The Kier molecular flexibility index (Phi) is 6.44. The number of fused-ring (bicyclic) bond motifs is 2. The first kappa shape index (κ1) is 24.5. The second-order valence-electron chi connectivity index (χ2n) is 10.1. The number of aliphatic carboxylic acids is 1. The number of hydrogen-bond donors (Lipinski definition) is 2. The van der Waals surface area contributed by atoms with Gasteiger partial charge in [-0.1, -0.05) is 16.8 Å². The van der Waals surface area contributed by atoms with Gasteiger partial charge in [0.1, 0.15) is 17.7 Å². The number of ether oxygens (including phenoxy) is 1. The van der Waals surface area contributed by atoms with Gasteiger partial charge < -0.3 is 29.5 Å². The van der Waals surface area contributed by atoms with Crippen LogP contribution in [0.2, 0.25) is 0 Å². The van der Waals surface area contributed by atoms with E-state index in [9.17, 15) is 24.3 Å². The van der Waals surface area contributed by atoms with Crippen molar-refractivity contribution in [1.82, 2.24) is 20.3 Å². The molecule has 0 spiro atoms. The van der Waals surface area contributed by atoms with Crippen molar-refractivity contribution >= 4 is 34.8 Å². The number of hydrogen-bond acceptors (Lipinski definition) is 7. The molecule has 2 aromatic rings. The molecule has 2 fully saturated rings. The third kappa shape index (κ3) is 5.08. The summed E-state index contributed by atoms with van der Waals surface area (Å²) in [5, 5.41) is 16.7. The standard InChI is InChI=1S/C24H30N4O7/c1-13-5-8-18-15(11-13)19(26-35-18)21(30)27-10-9-14-6-7-17(22(31)32)28(14)20(29)16(12-27)25-23(33)34-24(2,3)4/h5,8,11,14,16-17H,6-7,9-10,12H2,1-4H3,(H,25,33)(H,31,32)/t14-,16+,17+/m1/s1. The zero-order valence-corrected chi connectivity index (χ0v) is 20.2. The number of carbonyl (C=O) groups excluding carboxylic acids is 3. The maximum atomic E-state index is 13.5. The minimum absolute atomic E-state index is 0.124. The maximum Gasteiger partial charge on any atom is 0.408 e. The Morgan fingerprint density at radius 3 is 2.63 bits per heavy atom. The van der Waals surface area contributed by atoms with E-state index in [1.54, 1.807) is 32.9 Å². The molecule has 35 heavy (non-hydrogen) atoms. The molecule has 4 rings (SSSR count). The Morgan fingerprint density at radius 2 is 1.94 bits per heavy atom. The number of benzene rings is 1. The van der Waals surface area contributed by atoms with Gasteiger partial charge in [-0.25, -0.2) is 9.59 Å². The molecule has 3 atom stereocenters. The second kappa shape index (κ2) is 9.20. The lowest BCUT2D eigenvalue weighted by Crippen LogP contribution is -2.60. The van der Waals surface area contributed by atoms with Gasteiger partial charge in [0.05, 0.1) is 11.9 Å². The Hall–Kier alpha value is -3.63. The van der Waals surface area contributed by atoms with E-state index in [2.05, 4.69) is 10.5 Å². The van der Waals surface area contributed by atoms with Crippen LogP contribution >= 0.6 is 0 Å². The molecule has 188 valence electrons. The van der Waals surface area contributed by atoms with E-state index in [0.717, 1.165) is 5.56 Å². The Balaban J connectivity index is 1.65. The van der Waals surface area contributed by atoms with Crippen LogP contribution in [-0.4, -0.2) is 80.8 Å². The lowest BCUT2D eigenvalue weighted by molar-refractivity contribution is -0.151. The number of carboxylic acids is 1. The monoisotopic (exact) mass is 486 g/mol. The number of amides is 3. The van der Waals surface area contributed by atoms with Gasteiger partial charge in [0, 0.05) is 12.6 Å². The van der Waals surface area contributed by atoms with Crippen molar-refractivity contribution in [2.45, 2.75) is 70.7 Å². The fraction of sp³-hybridized carbons (Fsp3) is 0.542. The molecule has 2 aliphatic heterocycles. The lowest BCUT2D eigenvalue weighted by atomic mass is 10.1. The average molecular weight is 487 g/mol. The van der Waals surface area contributed by atoms with E-state index in [0.29, 0.717) is 30.2 Å². The topological polar surface area (TPSA) is 142 Å². The number of carboxylic acid groups (broad SMARTS) is 1. The van der Waals surface area contributed by atoms with Crippen molar-refractivity contribution < 1.29 is 33.5 Å². The van der Waals surface area contributed by atoms with Gasteiger partial charge in [-0.15, -0.1) is 0 Å². The number of aromatic nitrogens is 1. The summed E-state index contributed by atoms with van der Waals surface area (Å²) in [5.74, 6) is -2.07. The fourth-order valence-electron chi connectivity index (χ4n) is 4.72. The molecule has 2 aliphatic rings. The van der Waals surface area contributed by atoms with E-state index in [4.69, 9.17) is 9.26 Å². The number of nitrogens with zero attached hydrogens (tertiary/aromatic N) is 3. The fourth-order valence-corrected chi connectivity index (χ4v) is 4.72. The molecular weight excluding hydrogens is 456 g/mol. The van der Waals surface area contributed by atoms with Gasteiger partial charge in [-0.3, -0.25) is 9.59 Å². The molecule has 11 nitrogen and oxygen atoms in total. The summed E-state index contributed by atoms with van der Waals surface area (Å²) in [4.78, 5) is 54.2. The molecule has 1 aromatic heterocycles. The van der Waals surface area contributed by atoms with Crippen molar-refractivity contribution in [3.8, 4) is 0 Å². The highest BCUT2D eigenvalue weighted by Gasteiger charge is 2.46. The van der Waals surface area contributed by atoms with E-state index < -0.39 is 41.6 Å². The average Bonchev–Trinajstić information content (AvgIpc) is 3.36. The lowest BCUT2D eigenvalue weighted by Gasteiger charge is -2.38. The molecule has 3 amide bonds. The number of carbonyl (C=O) groups is 4. The zero-order valence-electron chi connectivity index (χ0n) is 20.2. The van der Waals surface area contributed by atoms with Gasteiger partial charge in [0.25, 0.3) is 5.91 Å². The van der Waals surface area contributed by atoms with Gasteiger partial charge >= 0.3 is 12.1 Å². The number of aryl methyl sites for hydroxylation is 1. The quantitative estimate of drug-likeness (QED) is 0.673. The summed E-state index contributed by atoms with van der Waals surface area (Å²) < 4.78 is 10.6. The summed E-state index contributed by atoms with van der Waals surface area (Å²) in [6.45, 7) is 7.06. The first-order valence-electron chi connectivity index (χ1n) is 11.6. The van der Waals surface area contributed by atoms with Crippen LogP contribution in [0.3, 0.4) is 0 Å². The van der Waals surface area contributed by atoms with E-state index in [-0.39, 0.29) is 24.8 Å². The first-order valence-corrected chi connectivity index (χ1v) is 11.6. The molecule has 1 aromatic carbocycles. The Bertz CT molecular complexity index is 1170. The Labute approximate surface area is 202 Å². The SMILES string of the molecule is Cc1ccc2onc(C(=O)N3CC[C@H]4CC[C@@H](C(=O)O)N4C(=O)[C@@H](NC(=O)OC(C)(C)C)C3)c2c1. The van der Waals surface area contributed by atoms with Crippen molar-refractivity contribution in [2.24, 2.45) is 0 Å². The molecule has 0 aliphatic carbocycles. The summed E-state index contributed by atoms with van der Waals surface area (Å²) in [5.41, 5.74) is 0.723. The molecule has 0 bridgehead atoms. The molecule has 2 N–H and O–H groups in total. The van der Waals surface area contributed by atoms with E-state index in [1.807, 2.05) is 13.0 Å². The summed E-state index contributed by atoms with van der Waals surface area (Å²) in [7, 11) is 0. The van der Waals surface area contributed by atoms with Crippen molar-refractivity contribution in [3.05, 3.63) is 29.5 Å². The molecular formula is C24H30N4O7. The first-order chi connectivity index (χ1) is 16.4. The molecule has 0 unspecified atom stereocenters. The van der Waals surface area contributed by atoms with Crippen molar-refractivity contribution in [3.63, 3.8) is 0 Å². The predicted molar refractivity (Wildman–Crippen MR) is 124 cm³/mol. The van der Waals surface area contributed by atoms with Crippen LogP contribution in [-0.2, 0) is 14.3 Å². The smallest absolute Gasteiger partial charge is 0.408 e. The minimum Gasteiger partial charge on any atom is -0.480 e. The molecule has 3 heterocycles. The molecule has 11 heteroatoms. The largest absolute Gasteiger partial charge is 0.480 e. The van der Waals surface area contributed by atoms with E-state index >= 15 is 0 Å². The van der Waals surface area contributed by atoms with Crippen LogP contribution in [0.25, 0.3) is 11.0 Å². The zero-order chi connectivity index (χ0) is 25.5. The van der Waals surface area contributed by atoms with Crippen LogP contribution in [0.4, 0.5) is 4.79 Å². The van der Waals surface area contributed by atoms with Crippen molar-refractivity contribution in [2.75, 3.05) is 13.1 Å². The van der Waals surface area contributed by atoms with Gasteiger partial charge in [0.15, 0.2) is 11.3 Å². The van der Waals surface area contributed by atoms with Crippen LogP contribution in [0, 0.1) is 6.92 Å². The van der Waals surface area contributed by atoms with Crippen LogP contribution in [0.15, 0.2) is 22.7 Å². The van der Waals surface area contributed by atoms with Crippen LogP contribution < -0.4 is 5.32 Å². The van der Waals surface area contributed by atoms with E-state index in [1.165, 1.54) is 9.80 Å². The van der Waals surface area contributed by atoms with Crippen molar-refractivity contribution in [1.29, 1.82) is 0 Å². The normalized spacial score (nSPS) is 23.0. The number of rotatable bonds is 3. The highest BCUT2D eigenvalue weighted by Crippen LogP contribution is 2.30. The Morgan fingerprint density at radius 1 is 1.20 bits per heavy atom. The minimum atomic E-state index is -1.18. The number of nitrogens with one attached hydrogen (secondary N) is 1. The highest BCUT2D eigenvalue weighted by atomic mass is 16.6. The third-order valence-electron chi connectivity index (χ3n) is 6.28. The summed E-state index contributed by atoms with van der Waals surface area (Å²) in [6.07, 6.45) is 0.394. The maximum absolute atomic E-state index is 13.5. The summed E-state index contributed by atoms with van der Waals surface area (Å²) >= 11 is 0. The molecule has 0 saturated carbocycles. The van der Waals surface area contributed by atoms with Gasteiger partial charge in [-0.05, 0) is 59.1 Å². The predicted octanol–water partition coefficient (Wildman–Crippen LogP) is 2.32. The second-order valence-corrected chi connectivity index (χ2v) is 10.1. The molecule has 2 saturated heterocycles. The van der Waals surface area contributed by atoms with Crippen LogP contribution in [0.1, 0.15) is 56.1 Å². The summed E-state index contributed by atoms with van der Waals surface area (Å²) in [6, 6.07) is 2.88.